The molecule has 1 aliphatic heterocycles. The molecule has 3 rings (SSSR count). The van der Waals surface area contributed by atoms with Gasteiger partial charge >= 0.3 is 6.03 Å². The van der Waals surface area contributed by atoms with Gasteiger partial charge in [0.2, 0.25) is 11.9 Å². The van der Waals surface area contributed by atoms with Crippen LogP contribution < -0.4 is 15.5 Å². The van der Waals surface area contributed by atoms with Gasteiger partial charge in [0, 0.05) is 64.4 Å². The summed E-state index contributed by atoms with van der Waals surface area (Å²) in [5, 5.41) is 14.9. The minimum atomic E-state index is -0.594. The Morgan fingerprint density at radius 2 is 2.14 bits per heavy atom. The van der Waals surface area contributed by atoms with Crippen LogP contribution in [0.3, 0.4) is 0 Å². The summed E-state index contributed by atoms with van der Waals surface area (Å²) in [5.41, 5.74) is 1.42. The molecule has 1 fully saturated rings. The lowest BCUT2D eigenvalue weighted by Gasteiger charge is -2.32. The predicted octanol–water partition coefficient (Wildman–Crippen LogP) is 0.556. The number of hydrogen-bond acceptors (Lipinski definition) is 10. The lowest BCUT2D eigenvalue weighted by atomic mass is 10.2. The fourth-order valence-electron chi connectivity index (χ4n) is 3.33. The highest BCUT2D eigenvalue weighted by atomic mass is 16.5. The first kappa shape index (κ1) is 25.5. The average Bonchev–Trinajstić information content (AvgIpc) is 2.85. The van der Waals surface area contributed by atoms with Crippen LogP contribution in [0.5, 0.6) is 0 Å². The number of aldehydes is 1. The van der Waals surface area contributed by atoms with E-state index in [1.165, 1.54) is 25.5 Å². The van der Waals surface area contributed by atoms with Crippen LogP contribution in [0.1, 0.15) is 21.6 Å². The molecule has 35 heavy (non-hydrogen) atoms. The maximum atomic E-state index is 12.8. The normalized spacial score (nSPS) is 13.8. The molecule has 0 aliphatic carbocycles. The number of urea groups is 1. The van der Waals surface area contributed by atoms with Crippen molar-refractivity contribution in [2.75, 3.05) is 69.5 Å². The van der Waals surface area contributed by atoms with Crippen LogP contribution in [-0.4, -0.2) is 97.0 Å². The van der Waals surface area contributed by atoms with Gasteiger partial charge in [-0.05, 0) is 7.05 Å². The van der Waals surface area contributed by atoms with Gasteiger partial charge in [0.15, 0.2) is 6.29 Å². The molecule has 0 atom stereocenters. The average molecular weight is 482 g/mol. The molecule has 2 N–H and O–H groups in total. The molecule has 0 unspecified atom stereocenters. The highest BCUT2D eigenvalue weighted by Crippen LogP contribution is 2.19. The standard InChI is InChI=1S/C22H27N9O4/c1-29-5-6-31(20(33)13-29)12-16-11-26-21(27-18(16)14-32)30(2)22(34)28-19-8-17(24-4-7-35-3)15(9-23)10-25-19/h8,10-11,14H,4-7,12-13H2,1-3H3,(H2,24,25,28,34). The summed E-state index contributed by atoms with van der Waals surface area (Å²) in [6.45, 7) is 2.70. The van der Waals surface area contributed by atoms with E-state index in [2.05, 4.69) is 25.6 Å². The molecule has 0 aromatic carbocycles. The van der Waals surface area contributed by atoms with Crippen molar-refractivity contribution in [3.63, 3.8) is 0 Å². The Hall–Kier alpha value is -4.15. The molecule has 0 bridgehead atoms. The number of nitriles is 1. The van der Waals surface area contributed by atoms with Gasteiger partial charge in [0.25, 0.3) is 0 Å². The van der Waals surface area contributed by atoms with Crippen LogP contribution >= 0.6 is 0 Å². The molecular formula is C22H27N9O4. The van der Waals surface area contributed by atoms with Gasteiger partial charge in [-0.15, -0.1) is 0 Å². The highest BCUT2D eigenvalue weighted by molar-refractivity contribution is 6.00. The Morgan fingerprint density at radius 1 is 1.34 bits per heavy atom. The predicted molar refractivity (Wildman–Crippen MR) is 127 cm³/mol. The number of piperazine rings is 1. The van der Waals surface area contributed by atoms with Crippen molar-refractivity contribution in [2.24, 2.45) is 0 Å². The van der Waals surface area contributed by atoms with Crippen molar-refractivity contribution in [1.29, 1.82) is 5.26 Å². The molecule has 0 spiro atoms. The lowest BCUT2D eigenvalue weighted by molar-refractivity contribution is -0.136. The van der Waals surface area contributed by atoms with Gasteiger partial charge in [-0.25, -0.2) is 19.7 Å². The molecule has 2 aromatic heterocycles. The van der Waals surface area contributed by atoms with E-state index in [4.69, 9.17) is 4.74 Å². The SMILES string of the molecule is COCCNc1cc(NC(=O)N(C)c2ncc(CN3CCN(C)CC3=O)c(C=O)n2)ncc1C#N. The van der Waals surface area contributed by atoms with Crippen LogP contribution in [0.4, 0.5) is 22.2 Å². The fourth-order valence-corrected chi connectivity index (χ4v) is 3.33. The molecule has 2 aromatic rings. The number of carbonyl (C=O) groups is 3. The van der Waals surface area contributed by atoms with E-state index < -0.39 is 6.03 Å². The summed E-state index contributed by atoms with van der Waals surface area (Å²) >= 11 is 0. The van der Waals surface area contributed by atoms with Crippen molar-refractivity contribution in [3.8, 4) is 6.07 Å². The smallest absolute Gasteiger partial charge is 0.329 e. The maximum absolute atomic E-state index is 12.8. The molecule has 1 saturated heterocycles. The number of pyridine rings is 1. The Balaban J connectivity index is 1.71. The van der Waals surface area contributed by atoms with Crippen molar-refractivity contribution in [1.82, 2.24) is 24.8 Å². The topological polar surface area (TPSA) is 157 Å². The number of hydrogen-bond donors (Lipinski definition) is 2. The van der Waals surface area contributed by atoms with Crippen LogP contribution in [0.15, 0.2) is 18.5 Å². The quantitative estimate of drug-likeness (QED) is 0.383. The number of nitrogens with one attached hydrogen (secondary N) is 2. The Morgan fingerprint density at radius 3 is 2.83 bits per heavy atom. The third kappa shape index (κ3) is 6.46. The second-order valence-electron chi connectivity index (χ2n) is 7.89. The van der Waals surface area contributed by atoms with Crippen molar-refractivity contribution in [2.45, 2.75) is 6.54 Å². The fraction of sp³-hybridized carbons (Fsp3) is 0.409. The van der Waals surface area contributed by atoms with E-state index >= 15 is 0 Å². The number of carbonyl (C=O) groups excluding carboxylic acids is 3. The minimum absolute atomic E-state index is 0.00476. The number of likely N-dealkylation sites (N-methyl/N-ethyl adjacent to an activating group) is 1. The van der Waals surface area contributed by atoms with Gasteiger partial charge in [-0.2, -0.15) is 5.26 Å². The lowest BCUT2D eigenvalue weighted by Crippen LogP contribution is -2.48. The second-order valence-corrected chi connectivity index (χ2v) is 7.89. The number of amides is 3. The molecule has 1 aliphatic rings. The summed E-state index contributed by atoms with van der Waals surface area (Å²) in [5.74, 6) is 0.175. The number of aromatic nitrogens is 3. The largest absolute Gasteiger partial charge is 0.383 e. The van der Waals surface area contributed by atoms with Gasteiger partial charge < -0.3 is 15.0 Å². The Bertz CT molecular complexity index is 1130. The first-order valence-electron chi connectivity index (χ1n) is 10.8. The second kappa shape index (κ2) is 11.8. The van der Waals surface area contributed by atoms with Crippen LogP contribution in [0, 0.1) is 11.3 Å². The number of rotatable bonds is 9. The van der Waals surface area contributed by atoms with E-state index in [0.29, 0.717) is 49.3 Å². The van der Waals surface area contributed by atoms with Gasteiger partial charge in [0.1, 0.15) is 17.6 Å². The maximum Gasteiger partial charge on any atom is 0.329 e. The third-order valence-corrected chi connectivity index (χ3v) is 5.35. The van der Waals surface area contributed by atoms with Crippen LogP contribution in [-0.2, 0) is 16.1 Å². The molecule has 0 radical (unpaired) electrons. The molecule has 3 amide bonds. The zero-order valence-electron chi connectivity index (χ0n) is 19.8. The third-order valence-electron chi connectivity index (χ3n) is 5.35. The Kier molecular flexibility index (Phi) is 8.60. The number of ether oxygens (including phenoxy) is 1. The number of methoxy groups -OCH3 is 1. The Labute approximate surface area is 202 Å². The summed E-state index contributed by atoms with van der Waals surface area (Å²) in [6.07, 6.45) is 3.37. The number of anilines is 3. The molecular weight excluding hydrogens is 454 g/mol. The zero-order chi connectivity index (χ0) is 25.4. The summed E-state index contributed by atoms with van der Waals surface area (Å²) in [4.78, 5) is 53.9. The van der Waals surface area contributed by atoms with Crippen molar-refractivity contribution < 1.29 is 19.1 Å². The highest BCUT2D eigenvalue weighted by Gasteiger charge is 2.24. The van der Waals surface area contributed by atoms with E-state index in [1.807, 2.05) is 18.0 Å². The summed E-state index contributed by atoms with van der Waals surface area (Å²) < 4.78 is 4.99. The van der Waals surface area contributed by atoms with E-state index in [0.717, 1.165) is 11.4 Å². The molecule has 3 heterocycles. The molecule has 13 heteroatoms. The van der Waals surface area contributed by atoms with E-state index in [9.17, 15) is 19.6 Å². The van der Waals surface area contributed by atoms with Gasteiger partial charge in [0.05, 0.1) is 24.4 Å². The van der Waals surface area contributed by atoms with Crippen molar-refractivity contribution >= 4 is 35.7 Å². The van der Waals surface area contributed by atoms with E-state index in [1.54, 1.807) is 12.0 Å². The first-order valence-corrected chi connectivity index (χ1v) is 10.8. The van der Waals surface area contributed by atoms with E-state index in [-0.39, 0.29) is 29.9 Å². The molecule has 184 valence electrons. The summed E-state index contributed by atoms with van der Waals surface area (Å²) in [6, 6.07) is 2.98. The number of nitrogens with zero attached hydrogens (tertiary/aromatic N) is 7. The summed E-state index contributed by atoms with van der Waals surface area (Å²) in [7, 11) is 4.89. The van der Waals surface area contributed by atoms with Crippen LogP contribution in [0.2, 0.25) is 0 Å². The molecule has 13 nitrogen and oxygen atoms in total. The van der Waals surface area contributed by atoms with Gasteiger partial charge in [-0.1, -0.05) is 0 Å². The van der Waals surface area contributed by atoms with Gasteiger partial charge in [-0.3, -0.25) is 24.7 Å². The molecule has 0 saturated carbocycles. The monoisotopic (exact) mass is 481 g/mol. The minimum Gasteiger partial charge on any atom is -0.383 e. The van der Waals surface area contributed by atoms with Crippen molar-refractivity contribution in [3.05, 3.63) is 35.3 Å². The van der Waals surface area contributed by atoms with Crippen LogP contribution in [0.25, 0.3) is 0 Å². The first-order chi connectivity index (χ1) is 16.9. The zero-order valence-corrected chi connectivity index (χ0v) is 19.8.